The molecule has 0 radical (unpaired) electrons. The van der Waals surface area contributed by atoms with Gasteiger partial charge in [-0.15, -0.1) is 0 Å². The van der Waals surface area contributed by atoms with Crippen LogP contribution in [0.5, 0.6) is 0 Å². The van der Waals surface area contributed by atoms with Gasteiger partial charge in [0.15, 0.2) is 11.5 Å². The van der Waals surface area contributed by atoms with E-state index in [2.05, 4.69) is 5.16 Å². The van der Waals surface area contributed by atoms with Crippen molar-refractivity contribution in [1.29, 1.82) is 0 Å². The van der Waals surface area contributed by atoms with Gasteiger partial charge in [-0.25, -0.2) is 4.79 Å². The second kappa shape index (κ2) is 3.74. The van der Waals surface area contributed by atoms with Crippen LogP contribution >= 0.6 is 11.6 Å². The Morgan fingerprint density at radius 3 is 2.73 bits per heavy atom. The van der Waals surface area contributed by atoms with Crippen LogP contribution in [-0.2, 0) is 0 Å². The van der Waals surface area contributed by atoms with Gasteiger partial charge in [0.05, 0.1) is 5.02 Å². The van der Waals surface area contributed by atoms with E-state index in [4.69, 9.17) is 21.2 Å². The molecule has 5 heteroatoms. The van der Waals surface area contributed by atoms with E-state index in [1.54, 1.807) is 24.3 Å². The molecule has 2 aromatic rings. The Morgan fingerprint density at radius 2 is 2.13 bits per heavy atom. The zero-order valence-electron chi connectivity index (χ0n) is 7.48. The number of halogens is 1. The summed E-state index contributed by atoms with van der Waals surface area (Å²) < 4.78 is 4.88. The van der Waals surface area contributed by atoms with Crippen molar-refractivity contribution in [3.63, 3.8) is 0 Å². The largest absolute Gasteiger partial charge is 0.476 e. The minimum absolute atomic E-state index is 0.134. The Bertz CT molecular complexity index is 507. The van der Waals surface area contributed by atoms with Crippen molar-refractivity contribution in [3.8, 4) is 11.3 Å². The normalized spacial score (nSPS) is 10.2. The van der Waals surface area contributed by atoms with Crippen LogP contribution in [0.1, 0.15) is 10.5 Å². The molecule has 2 rings (SSSR count). The number of nitrogens with zero attached hydrogens (tertiary/aromatic N) is 1. The average molecular weight is 224 g/mol. The van der Waals surface area contributed by atoms with Gasteiger partial charge in [-0.3, -0.25) is 0 Å². The lowest BCUT2D eigenvalue weighted by molar-refractivity contribution is 0.0686. The first kappa shape index (κ1) is 9.73. The lowest BCUT2D eigenvalue weighted by Crippen LogP contribution is -1.94. The summed E-state index contributed by atoms with van der Waals surface area (Å²) in [5.41, 5.74) is 0.490. The Hall–Kier alpha value is -1.81. The molecule has 0 spiro atoms. The SMILES string of the molecule is O=C(O)c1cc(-c2ccccc2Cl)on1. The molecule has 4 nitrogen and oxygen atoms in total. The maximum atomic E-state index is 10.6. The van der Waals surface area contributed by atoms with Crippen LogP contribution in [0.25, 0.3) is 11.3 Å². The van der Waals surface area contributed by atoms with E-state index >= 15 is 0 Å². The first-order chi connectivity index (χ1) is 7.18. The van der Waals surface area contributed by atoms with Gasteiger partial charge in [0.25, 0.3) is 0 Å². The minimum Gasteiger partial charge on any atom is -0.476 e. The average Bonchev–Trinajstić information content (AvgIpc) is 2.67. The lowest BCUT2D eigenvalue weighted by atomic mass is 10.1. The zero-order valence-corrected chi connectivity index (χ0v) is 8.23. The van der Waals surface area contributed by atoms with Crippen molar-refractivity contribution in [2.24, 2.45) is 0 Å². The summed E-state index contributed by atoms with van der Waals surface area (Å²) in [5.74, 6) is -0.782. The number of hydrogen-bond donors (Lipinski definition) is 1. The maximum absolute atomic E-state index is 10.6. The third kappa shape index (κ3) is 1.85. The fourth-order valence-electron chi connectivity index (χ4n) is 1.16. The van der Waals surface area contributed by atoms with E-state index in [0.717, 1.165) is 0 Å². The number of aromatic nitrogens is 1. The Labute approximate surface area is 90.1 Å². The van der Waals surface area contributed by atoms with Crippen LogP contribution in [0.4, 0.5) is 0 Å². The molecule has 0 fully saturated rings. The van der Waals surface area contributed by atoms with E-state index < -0.39 is 5.97 Å². The summed E-state index contributed by atoms with van der Waals surface area (Å²) in [6, 6.07) is 8.32. The fraction of sp³-hybridized carbons (Fsp3) is 0. The highest BCUT2D eigenvalue weighted by molar-refractivity contribution is 6.33. The molecule has 0 aliphatic rings. The number of rotatable bonds is 2. The van der Waals surface area contributed by atoms with E-state index in [-0.39, 0.29) is 5.69 Å². The standard InChI is InChI=1S/C10H6ClNO3/c11-7-4-2-1-3-6(7)9-5-8(10(13)14)12-15-9/h1-5H,(H,13,14). The number of benzene rings is 1. The van der Waals surface area contributed by atoms with Crippen molar-refractivity contribution >= 4 is 17.6 Å². The molecule has 0 amide bonds. The van der Waals surface area contributed by atoms with Gasteiger partial charge in [-0.2, -0.15) is 0 Å². The topological polar surface area (TPSA) is 63.3 Å². The van der Waals surface area contributed by atoms with Gasteiger partial charge in [-0.1, -0.05) is 28.9 Å². The van der Waals surface area contributed by atoms with Crippen molar-refractivity contribution in [2.75, 3.05) is 0 Å². The number of carboxylic acid groups (broad SMARTS) is 1. The monoisotopic (exact) mass is 223 g/mol. The number of carboxylic acids is 1. The number of hydrogen-bond acceptors (Lipinski definition) is 3. The smallest absolute Gasteiger partial charge is 0.358 e. The van der Waals surface area contributed by atoms with Crippen molar-refractivity contribution in [3.05, 3.63) is 41.0 Å². The minimum atomic E-state index is -1.13. The summed E-state index contributed by atoms with van der Waals surface area (Å²) in [4.78, 5) is 10.6. The van der Waals surface area contributed by atoms with Crippen LogP contribution in [0.2, 0.25) is 5.02 Å². The molecule has 0 aliphatic heterocycles. The maximum Gasteiger partial charge on any atom is 0.358 e. The van der Waals surface area contributed by atoms with Crippen molar-refractivity contribution < 1.29 is 14.4 Å². The summed E-state index contributed by atoms with van der Waals surface area (Å²) >= 11 is 5.91. The number of aromatic carboxylic acids is 1. The molecule has 1 N–H and O–H groups in total. The van der Waals surface area contributed by atoms with Crippen LogP contribution in [0, 0.1) is 0 Å². The zero-order chi connectivity index (χ0) is 10.8. The molecular weight excluding hydrogens is 218 g/mol. The Balaban J connectivity index is 2.46. The van der Waals surface area contributed by atoms with Gasteiger partial charge in [0.2, 0.25) is 0 Å². The molecule has 0 bridgehead atoms. The van der Waals surface area contributed by atoms with E-state index in [1.807, 2.05) is 0 Å². The fourth-order valence-corrected chi connectivity index (χ4v) is 1.39. The Kier molecular flexibility index (Phi) is 2.43. The third-order valence-corrected chi connectivity index (χ3v) is 2.20. The molecule has 1 heterocycles. The molecule has 0 aliphatic carbocycles. The predicted octanol–water partition coefficient (Wildman–Crippen LogP) is 2.69. The van der Waals surface area contributed by atoms with E-state index in [9.17, 15) is 4.79 Å². The molecule has 1 aromatic heterocycles. The van der Waals surface area contributed by atoms with Gasteiger partial charge in [0, 0.05) is 11.6 Å². The first-order valence-electron chi connectivity index (χ1n) is 4.13. The molecular formula is C10H6ClNO3. The van der Waals surface area contributed by atoms with Crippen molar-refractivity contribution in [2.45, 2.75) is 0 Å². The van der Waals surface area contributed by atoms with Crippen LogP contribution < -0.4 is 0 Å². The lowest BCUT2D eigenvalue weighted by Gasteiger charge is -1.96. The molecule has 76 valence electrons. The van der Waals surface area contributed by atoms with Gasteiger partial charge < -0.3 is 9.63 Å². The van der Waals surface area contributed by atoms with Crippen LogP contribution in [0.15, 0.2) is 34.9 Å². The van der Waals surface area contributed by atoms with Gasteiger partial charge in [0.1, 0.15) is 0 Å². The third-order valence-electron chi connectivity index (χ3n) is 1.87. The predicted molar refractivity (Wildman–Crippen MR) is 53.9 cm³/mol. The highest BCUT2D eigenvalue weighted by Gasteiger charge is 2.13. The molecule has 0 saturated carbocycles. The second-order valence-corrected chi connectivity index (χ2v) is 3.27. The molecule has 0 saturated heterocycles. The van der Waals surface area contributed by atoms with E-state index in [0.29, 0.717) is 16.3 Å². The highest BCUT2D eigenvalue weighted by Crippen LogP contribution is 2.27. The second-order valence-electron chi connectivity index (χ2n) is 2.86. The summed E-state index contributed by atoms with van der Waals surface area (Å²) in [5, 5.41) is 12.6. The highest BCUT2D eigenvalue weighted by atomic mass is 35.5. The Morgan fingerprint density at radius 1 is 1.40 bits per heavy atom. The molecule has 0 atom stereocenters. The summed E-state index contributed by atoms with van der Waals surface area (Å²) in [6.45, 7) is 0. The quantitative estimate of drug-likeness (QED) is 0.850. The van der Waals surface area contributed by atoms with Gasteiger partial charge >= 0.3 is 5.97 Å². The van der Waals surface area contributed by atoms with Crippen molar-refractivity contribution in [1.82, 2.24) is 5.16 Å². The van der Waals surface area contributed by atoms with Crippen LogP contribution in [0.3, 0.4) is 0 Å². The van der Waals surface area contributed by atoms with E-state index in [1.165, 1.54) is 6.07 Å². The number of carbonyl (C=O) groups is 1. The summed E-state index contributed by atoms with van der Waals surface area (Å²) in [7, 11) is 0. The summed E-state index contributed by atoms with van der Waals surface area (Å²) in [6.07, 6.45) is 0. The molecule has 1 aromatic carbocycles. The molecule has 15 heavy (non-hydrogen) atoms. The first-order valence-corrected chi connectivity index (χ1v) is 4.51. The van der Waals surface area contributed by atoms with Crippen LogP contribution in [-0.4, -0.2) is 16.2 Å². The molecule has 0 unspecified atom stereocenters. The van der Waals surface area contributed by atoms with Gasteiger partial charge in [-0.05, 0) is 12.1 Å².